The van der Waals surface area contributed by atoms with Crippen LogP contribution in [0.15, 0.2) is 0 Å². The molecule has 528 valence electrons. The molecular weight excluding hydrogens is 1200 g/mol. The number of rotatable bonds is 31. The van der Waals surface area contributed by atoms with E-state index in [1.165, 1.54) is 6.42 Å². The van der Waals surface area contributed by atoms with Gasteiger partial charge in [-0.15, -0.1) is 0 Å². The topological polar surface area (TPSA) is 231 Å². The molecule has 0 amide bonds. The van der Waals surface area contributed by atoms with E-state index in [0.29, 0.717) is 107 Å². The van der Waals surface area contributed by atoms with Gasteiger partial charge in [0.05, 0.1) is 45.2 Å². The molecule has 17 heteroatoms. The summed E-state index contributed by atoms with van der Waals surface area (Å²) >= 11 is 0. The van der Waals surface area contributed by atoms with Gasteiger partial charge in [-0.05, 0) is 268 Å². The van der Waals surface area contributed by atoms with Crippen molar-refractivity contribution in [3.05, 3.63) is 0 Å². The summed E-state index contributed by atoms with van der Waals surface area (Å²) in [5, 5.41) is 11.5. The summed E-state index contributed by atoms with van der Waals surface area (Å²) in [7, 11) is 0. The molecule has 0 aromatic heterocycles. The van der Waals surface area contributed by atoms with Crippen molar-refractivity contribution in [1.82, 2.24) is 0 Å². The van der Waals surface area contributed by atoms with Crippen LogP contribution in [-0.4, -0.2) is 107 Å². The maximum absolute atomic E-state index is 15.2. The largest absolute Gasteiger partial charge is 0.463 e. The first kappa shape index (κ1) is 71.0. The molecule has 12 bridgehead atoms. The van der Waals surface area contributed by atoms with Crippen LogP contribution < -0.4 is 0 Å². The van der Waals surface area contributed by atoms with Crippen molar-refractivity contribution in [2.45, 2.75) is 329 Å². The fraction of sp³-hybridized carbons (Fsp3) is 0.896. The lowest BCUT2D eigenvalue weighted by Crippen LogP contribution is -2.63. The Bertz CT molecular complexity index is 2790. The number of hydrogen-bond donors (Lipinski definition) is 1. The Kier molecular flexibility index (Phi) is 20.5. The Balaban J connectivity index is 0.784. The molecule has 12 atom stereocenters. The van der Waals surface area contributed by atoms with Crippen molar-refractivity contribution in [2.24, 2.45) is 92.2 Å². The van der Waals surface area contributed by atoms with E-state index in [0.717, 1.165) is 108 Å². The van der Waals surface area contributed by atoms with Gasteiger partial charge in [0, 0.05) is 18.8 Å². The summed E-state index contributed by atoms with van der Waals surface area (Å²) in [6.45, 7) is 21.6. The van der Waals surface area contributed by atoms with Gasteiger partial charge in [-0.3, -0.25) is 28.8 Å². The molecular formula is C77H118O17. The standard InChI is InChI=1S/C77H118O17/c1-12-70(8,67(84)94-77(48(4)5)56-35-49-31-50(37-56)38-57(77)36-49)21-16-26-73(11,68(85)93-76(47(2)3)28-13-14-29-76)27-18-25-72(10,66(83)90-58-19-30-87-63(58)80)24-17-23-71(9,65(82)88-45-60(78)91-61-54-33-51-34-55(40-54)62(79)89-59(61)39-51)22-15-20-69(6,7)64(81)92-75-43-52-32-53(44-75)42-74(86,41-52)46-75/h47-59,61,86H,12-46H2,1-11H3. The zero-order chi connectivity index (χ0) is 67.6. The van der Waals surface area contributed by atoms with Crippen molar-refractivity contribution >= 4 is 47.8 Å². The SMILES string of the molecule is CCC(C)(CCCC(C)(CCCC(C)(CCCC(C)(CCCC(C)(C)C(=O)OC12CC3CC(CC(O)(C3)C1)C2)C(=O)OCC(=O)OC1C2CC3CC(C2)C(=O)OC1C3)C(=O)OC1CCOC1=O)C(=O)OC1(C(C)C)CCCC1)C(=O)OC1(C(C)C)C2CC3CC(C2)CC1C3. The van der Waals surface area contributed by atoms with E-state index in [9.17, 15) is 38.7 Å². The van der Waals surface area contributed by atoms with Gasteiger partial charge in [-0.1, -0.05) is 60.3 Å². The number of hydrogen-bond acceptors (Lipinski definition) is 17. The molecule has 17 nitrogen and oxygen atoms in total. The van der Waals surface area contributed by atoms with E-state index in [1.54, 1.807) is 6.92 Å². The van der Waals surface area contributed by atoms with Crippen LogP contribution in [-0.2, 0) is 76.3 Å². The molecule has 14 fully saturated rings. The average Bonchev–Trinajstić information content (AvgIpc) is 1.45. The highest BCUT2D eigenvalue weighted by Crippen LogP contribution is 2.63. The molecule has 11 aliphatic carbocycles. The fourth-order valence-electron chi connectivity index (χ4n) is 21.9. The minimum atomic E-state index is -1.22. The molecule has 0 spiro atoms. The van der Waals surface area contributed by atoms with E-state index in [4.69, 9.17) is 37.9 Å². The van der Waals surface area contributed by atoms with Gasteiger partial charge in [-0.2, -0.15) is 0 Å². The van der Waals surface area contributed by atoms with E-state index in [1.807, 2.05) is 34.6 Å². The van der Waals surface area contributed by atoms with Gasteiger partial charge in [0.15, 0.2) is 6.61 Å². The van der Waals surface area contributed by atoms with Crippen LogP contribution in [0.2, 0.25) is 0 Å². The molecule has 0 aromatic carbocycles. The molecule has 3 heterocycles. The number of fused-ring (bicyclic) bond motifs is 1. The highest BCUT2D eigenvalue weighted by molar-refractivity contribution is 5.84. The second kappa shape index (κ2) is 27.1. The maximum Gasteiger partial charge on any atom is 0.347 e. The van der Waals surface area contributed by atoms with Crippen LogP contribution in [0.5, 0.6) is 0 Å². The highest BCUT2D eigenvalue weighted by Gasteiger charge is 2.63. The number of esters is 8. The van der Waals surface area contributed by atoms with Gasteiger partial charge in [0.25, 0.3) is 0 Å². The summed E-state index contributed by atoms with van der Waals surface area (Å²) in [6, 6.07) is 0. The van der Waals surface area contributed by atoms with Crippen molar-refractivity contribution in [3.8, 4) is 0 Å². The minimum absolute atomic E-state index is 0.0218. The van der Waals surface area contributed by atoms with Crippen molar-refractivity contribution < 1.29 is 81.4 Å². The maximum atomic E-state index is 15.2. The van der Waals surface area contributed by atoms with E-state index in [2.05, 4.69) is 34.6 Å². The lowest BCUT2D eigenvalue weighted by atomic mass is 9.47. The first-order valence-electron chi connectivity index (χ1n) is 37.6. The van der Waals surface area contributed by atoms with Crippen LogP contribution in [0.4, 0.5) is 0 Å². The third-order valence-corrected chi connectivity index (χ3v) is 27.4. The van der Waals surface area contributed by atoms with Gasteiger partial charge in [0.1, 0.15) is 29.0 Å². The Morgan fingerprint density at radius 2 is 1.09 bits per heavy atom. The molecule has 0 radical (unpaired) electrons. The molecule has 12 unspecified atom stereocenters. The Hall–Kier alpha value is -4.28. The Labute approximate surface area is 560 Å². The van der Waals surface area contributed by atoms with Crippen LogP contribution in [0, 0.1) is 92.2 Å². The second-order valence-corrected chi connectivity index (χ2v) is 35.8. The fourth-order valence-corrected chi connectivity index (χ4v) is 21.9. The molecule has 11 saturated carbocycles. The Morgan fingerprint density at radius 3 is 1.63 bits per heavy atom. The van der Waals surface area contributed by atoms with Gasteiger partial charge in [-0.25, -0.2) is 9.59 Å². The van der Waals surface area contributed by atoms with Crippen LogP contribution >= 0.6 is 0 Å². The summed E-state index contributed by atoms with van der Waals surface area (Å²) in [5.41, 5.74) is -7.68. The van der Waals surface area contributed by atoms with Crippen molar-refractivity contribution in [2.75, 3.05) is 13.2 Å². The lowest BCUT2D eigenvalue weighted by Gasteiger charge is -2.62. The number of cyclic esters (lactones) is 1. The molecule has 94 heavy (non-hydrogen) atoms. The zero-order valence-corrected chi connectivity index (χ0v) is 59.3. The molecule has 1 N–H and O–H groups in total. The lowest BCUT2D eigenvalue weighted by molar-refractivity contribution is -0.232. The van der Waals surface area contributed by atoms with Crippen molar-refractivity contribution in [1.29, 1.82) is 0 Å². The number of ether oxygens (including phenoxy) is 8. The second-order valence-electron chi connectivity index (χ2n) is 35.8. The number of aliphatic hydroxyl groups is 1. The van der Waals surface area contributed by atoms with E-state index < -0.39 is 98.3 Å². The first-order valence-corrected chi connectivity index (χ1v) is 37.6. The summed E-state index contributed by atoms with van der Waals surface area (Å²) in [4.78, 5) is 113. The van der Waals surface area contributed by atoms with E-state index in [-0.39, 0.29) is 86.3 Å². The highest BCUT2D eigenvalue weighted by atomic mass is 16.6. The quantitative estimate of drug-likeness (QED) is 0.0502. The first-order chi connectivity index (χ1) is 44.2. The zero-order valence-electron chi connectivity index (χ0n) is 59.3. The summed E-state index contributed by atoms with van der Waals surface area (Å²) in [6.07, 6.45) is 19.8. The normalized spacial score (nSPS) is 36.6. The smallest absolute Gasteiger partial charge is 0.347 e. The predicted molar refractivity (Wildman–Crippen MR) is 348 cm³/mol. The van der Waals surface area contributed by atoms with E-state index >= 15 is 4.79 Å². The van der Waals surface area contributed by atoms with Crippen LogP contribution in [0.3, 0.4) is 0 Å². The number of carbonyl (C=O) groups is 8. The minimum Gasteiger partial charge on any atom is -0.463 e. The van der Waals surface area contributed by atoms with Crippen LogP contribution in [0.1, 0.15) is 288 Å². The van der Waals surface area contributed by atoms with Gasteiger partial charge in [0.2, 0.25) is 6.10 Å². The average molecular weight is 1320 g/mol. The third-order valence-electron chi connectivity index (χ3n) is 27.4. The summed E-state index contributed by atoms with van der Waals surface area (Å²) < 4.78 is 49.3. The predicted octanol–water partition coefficient (Wildman–Crippen LogP) is 14.3. The molecule has 3 saturated heterocycles. The molecule has 0 aromatic rings. The monoisotopic (exact) mass is 1310 g/mol. The molecule has 3 aliphatic heterocycles. The molecule has 14 rings (SSSR count). The van der Waals surface area contributed by atoms with Crippen molar-refractivity contribution in [3.63, 3.8) is 0 Å². The third kappa shape index (κ3) is 14.4. The molecule has 14 aliphatic rings. The summed E-state index contributed by atoms with van der Waals surface area (Å²) in [5.74, 6) is -0.192. The number of carbonyl (C=O) groups excluding carboxylic acids is 8. The Morgan fingerprint density at radius 1 is 0.553 bits per heavy atom. The van der Waals surface area contributed by atoms with Crippen LogP contribution in [0.25, 0.3) is 0 Å². The van der Waals surface area contributed by atoms with Gasteiger partial charge < -0.3 is 43.0 Å². The van der Waals surface area contributed by atoms with Gasteiger partial charge >= 0.3 is 47.8 Å².